The third kappa shape index (κ3) is 1.91. The lowest BCUT2D eigenvalue weighted by atomic mass is 10.3. The number of hydrogen-bond donors (Lipinski definition) is 0. The fourth-order valence-corrected chi connectivity index (χ4v) is 1.08. The predicted octanol–water partition coefficient (Wildman–Crippen LogP) is 0.892. The average molecular weight is 193 g/mol. The van der Waals surface area contributed by atoms with Gasteiger partial charge in [0.2, 0.25) is 0 Å². The van der Waals surface area contributed by atoms with Gasteiger partial charge in [-0.25, -0.2) is 9.78 Å². The molecule has 0 aliphatic rings. The number of carbonyl (C=O) groups is 1. The molecule has 5 nitrogen and oxygen atoms in total. The number of nitriles is 1. The van der Waals surface area contributed by atoms with Crippen molar-refractivity contribution in [3.8, 4) is 6.07 Å². The fourth-order valence-electron chi connectivity index (χ4n) is 1.08. The molecule has 5 heteroatoms. The summed E-state index contributed by atoms with van der Waals surface area (Å²) in [6.07, 6.45) is 1.46. The summed E-state index contributed by atoms with van der Waals surface area (Å²) in [7, 11) is 0. The van der Waals surface area contributed by atoms with Crippen molar-refractivity contribution in [2.24, 2.45) is 0 Å². The normalized spacial score (nSPS) is 9.50. The first-order chi connectivity index (χ1) is 6.70. The Morgan fingerprint density at radius 1 is 1.79 bits per heavy atom. The van der Waals surface area contributed by atoms with Crippen LogP contribution >= 0.6 is 0 Å². The Bertz CT molecular complexity index is 376. The summed E-state index contributed by atoms with van der Waals surface area (Å²) in [5, 5.41) is 8.48. The van der Waals surface area contributed by atoms with Crippen LogP contribution in [0.25, 0.3) is 0 Å². The maximum absolute atomic E-state index is 11.3. The van der Waals surface area contributed by atoms with Crippen LogP contribution in [0.4, 0.5) is 0 Å². The first-order valence-corrected chi connectivity index (χ1v) is 4.26. The quantitative estimate of drug-likeness (QED) is 0.668. The molecular formula is C9H11N3O2. The Kier molecular flexibility index (Phi) is 3.24. The largest absolute Gasteiger partial charge is 0.461 e. The fraction of sp³-hybridized carbons (Fsp3) is 0.444. The summed E-state index contributed by atoms with van der Waals surface area (Å²) in [6, 6.07) is 1.98. The van der Waals surface area contributed by atoms with Crippen molar-refractivity contribution in [1.29, 1.82) is 5.26 Å². The molecule has 1 aromatic heterocycles. The number of imidazole rings is 1. The molecule has 0 unspecified atom stereocenters. The SMILES string of the molecule is CCOC(=O)c1ncn(CC#N)c1C. The van der Waals surface area contributed by atoms with Crippen LogP contribution in [0.5, 0.6) is 0 Å². The lowest BCUT2D eigenvalue weighted by Crippen LogP contribution is -2.08. The van der Waals surface area contributed by atoms with E-state index in [-0.39, 0.29) is 12.2 Å². The van der Waals surface area contributed by atoms with Gasteiger partial charge in [-0.3, -0.25) is 0 Å². The molecule has 0 N–H and O–H groups in total. The highest BCUT2D eigenvalue weighted by molar-refractivity contribution is 5.88. The van der Waals surface area contributed by atoms with Crippen molar-refractivity contribution in [2.75, 3.05) is 6.61 Å². The lowest BCUT2D eigenvalue weighted by molar-refractivity contribution is 0.0519. The van der Waals surface area contributed by atoms with Gasteiger partial charge in [0.1, 0.15) is 6.54 Å². The van der Waals surface area contributed by atoms with E-state index in [1.807, 2.05) is 6.07 Å². The van der Waals surface area contributed by atoms with Crippen LogP contribution in [0.3, 0.4) is 0 Å². The predicted molar refractivity (Wildman–Crippen MR) is 48.5 cm³/mol. The first kappa shape index (κ1) is 10.3. The molecular weight excluding hydrogens is 182 g/mol. The Hall–Kier alpha value is -1.83. The second-order valence-corrected chi connectivity index (χ2v) is 2.69. The standard InChI is InChI=1S/C9H11N3O2/c1-3-14-9(13)8-7(2)12(5-4-10)6-11-8/h6H,3,5H2,1-2H3. The monoisotopic (exact) mass is 193 g/mol. The van der Waals surface area contributed by atoms with E-state index < -0.39 is 5.97 Å². The van der Waals surface area contributed by atoms with Gasteiger partial charge in [-0.05, 0) is 13.8 Å². The van der Waals surface area contributed by atoms with Crippen LogP contribution in [-0.4, -0.2) is 22.1 Å². The Labute approximate surface area is 81.9 Å². The summed E-state index contributed by atoms with van der Waals surface area (Å²) in [5.41, 5.74) is 0.937. The minimum absolute atomic E-state index is 0.193. The summed E-state index contributed by atoms with van der Waals surface area (Å²) in [6.45, 7) is 3.98. The first-order valence-electron chi connectivity index (χ1n) is 4.26. The lowest BCUT2D eigenvalue weighted by Gasteiger charge is -2.00. The van der Waals surface area contributed by atoms with Gasteiger partial charge in [0.05, 0.1) is 24.7 Å². The Balaban J connectivity index is 2.90. The maximum atomic E-state index is 11.3. The third-order valence-electron chi connectivity index (χ3n) is 1.81. The number of rotatable bonds is 3. The average Bonchev–Trinajstić information content (AvgIpc) is 2.49. The van der Waals surface area contributed by atoms with E-state index in [0.717, 1.165) is 0 Å². The molecule has 74 valence electrons. The van der Waals surface area contributed by atoms with E-state index in [0.29, 0.717) is 12.3 Å². The minimum atomic E-state index is -0.443. The third-order valence-corrected chi connectivity index (χ3v) is 1.81. The van der Waals surface area contributed by atoms with E-state index in [2.05, 4.69) is 4.98 Å². The smallest absolute Gasteiger partial charge is 0.358 e. The van der Waals surface area contributed by atoms with Gasteiger partial charge < -0.3 is 9.30 Å². The molecule has 0 aromatic carbocycles. The van der Waals surface area contributed by atoms with Crippen molar-refractivity contribution in [1.82, 2.24) is 9.55 Å². The van der Waals surface area contributed by atoms with E-state index in [1.165, 1.54) is 6.33 Å². The molecule has 0 aliphatic heterocycles. The van der Waals surface area contributed by atoms with Crippen LogP contribution in [-0.2, 0) is 11.3 Å². The van der Waals surface area contributed by atoms with E-state index in [1.54, 1.807) is 18.4 Å². The molecule has 0 saturated carbocycles. The van der Waals surface area contributed by atoms with Crippen molar-refractivity contribution in [3.63, 3.8) is 0 Å². The van der Waals surface area contributed by atoms with Gasteiger partial charge in [-0.1, -0.05) is 0 Å². The zero-order valence-electron chi connectivity index (χ0n) is 8.15. The number of esters is 1. The maximum Gasteiger partial charge on any atom is 0.358 e. The van der Waals surface area contributed by atoms with Gasteiger partial charge in [0.25, 0.3) is 0 Å². The number of nitrogens with zero attached hydrogens (tertiary/aromatic N) is 3. The highest BCUT2D eigenvalue weighted by atomic mass is 16.5. The molecule has 1 rings (SSSR count). The van der Waals surface area contributed by atoms with Crippen molar-refractivity contribution < 1.29 is 9.53 Å². The molecule has 0 radical (unpaired) electrons. The molecule has 0 saturated heterocycles. The van der Waals surface area contributed by atoms with Crippen molar-refractivity contribution in [3.05, 3.63) is 17.7 Å². The Morgan fingerprint density at radius 2 is 2.50 bits per heavy atom. The summed E-state index contributed by atoms with van der Waals surface area (Å²) >= 11 is 0. The summed E-state index contributed by atoms with van der Waals surface area (Å²) in [5.74, 6) is -0.443. The summed E-state index contributed by atoms with van der Waals surface area (Å²) < 4.78 is 6.41. The van der Waals surface area contributed by atoms with E-state index in [9.17, 15) is 4.79 Å². The number of ether oxygens (including phenoxy) is 1. The van der Waals surface area contributed by atoms with Gasteiger partial charge in [-0.2, -0.15) is 5.26 Å². The van der Waals surface area contributed by atoms with Crippen LogP contribution in [0, 0.1) is 18.3 Å². The van der Waals surface area contributed by atoms with E-state index >= 15 is 0 Å². The Morgan fingerprint density at radius 3 is 3.07 bits per heavy atom. The molecule has 1 heterocycles. The second-order valence-electron chi connectivity index (χ2n) is 2.69. The summed E-state index contributed by atoms with van der Waals surface area (Å²) in [4.78, 5) is 15.2. The van der Waals surface area contributed by atoms with Crippen molar-refractivity contribution >= 4 is 5.97 Å². The molecule has 14 heavy (non-hydrogen) atoms. The molecule has 0 bridgehead atoms. The molecule has 0 aliphatic carbocycles. The zero-order valence-corrected chi connectivity index (χ0v) is 8.15. The molecule has 0 spiro atoms. The topological polar surface area (TPSA) is 67.9 Å². The molecule has 1 aromatic rings. The highest BCUT2D eigenvalue weighted by Crippen LogP contribution is 2.07. The number of aromatic nitrogens is 2. The minimum Gasteiger partial charge on any atom is -0.461 e. The molecule has 0 fully saturated rings. The van der Waals surface area contributed by atoms with E-state index in [4.69, 9.17) is 10.00 Å². The zero-order chi connectivity index (χ0) is 10.6. The van der Waals surface area contributed by atoms with Crippen molar-refractivity contribution in [2.45, 2.75) is 20.4 Å². The van der Waals surface area contributed by atoms with Crippen LogP contribution in [0.1, 0.15) is 23.1 Å². The van der Waals surface area contributed by atoms with Gasteiger partial charge in [0.15, 0.2) is 5.69 Å². The molecule has 0 atom stereocenters. The van der Waals surface area contributed by atoms with Crippen LogP contribution in [0.15, 0.2) is 6.33 Å². The van der Waals surface area contributed by atoms with Crippen LogP contribution in [0.2, 0.25) is 0 Å². The highest BCUT2D eigenvalue weighted by Gasteiger charge is 2.15. The van der Waals surface area contributed by atoms with Gasteiger partial charge in [0, 0.05) is 0 Å². The van der Waals surface area contributed by atoms with Crippen LogP contribution < -0.4 is 0 Å². The molecule has 0 amide bonds. The van der Waals surface area contributed by atoms with Gasteiger partial charge in [-0.15, -0.1) is 0 Å². The number of hydrogen-bond acceptors (Lipinski definition) is 4. The number of carbonyl (C=O) groups excluding carboxylic acids is 1. The van der Waals surface area contributed by atoms with Gasteiger partial charge >= 0.3 is 5.97 Å². The second kappa shape index (κ2) is 4.42.